The average Bonchev–Trinajstić information content (AvgIpc) is 2.28. The smallest absolute Gasteiger partial charge is 0.250 e. The highest BCUT2D eigenvalue weighted by Crippen LogP contribution is 2.23. The normalized spacial score (nSPS) is 11.2. The van der Waals surface area contributed by atoms with Gasteiger partial charge >= 0.3 is 0 Å². The van der Waals surface area contributed by atoms with Crippen molar-refractivity contribution >= 4 is 29.1 Å². The number of nitrogens with two attached hydrogens (primary N) is 1. The Kier molecular flexibility index (Phi) is 4.91. The minimum absolute atomic E-state index is 0.0966. The van der Waals surface area contributed by atoms with E-state index in [0.717, 1.165) is 0 Å². The van der Waals surface area contributed by atoms with E-state index in [1.807, 2.05) is 20.8 Å². The first kappa shape index (κ1) is 15.5. The molecule has 2 amide bonds. The van der Waals surface area contributed by atoms with Crippen molar-refractivity contribution in [3.63, 3.8) is 0 Å². The summed E-state index contributed by atoms with van der Waals surface area (Å²) in [5, 5.41) is 2.90. The van der Waals surface area contributed by atoms with Crippen LogP contribution in [0.4, 0.5) is 5.69 Å². The summed E-state index contributed by atoms with van der Waals surface area (Å²) in [6.07, 6.45) is 0. The molecule has 104 valence electrons. The molecule has 0 aromatic heterocycles. The topological polar surface area (TPSA) is 81.4 Å². The second-order valence-corrected chi connectivity index (χ2v) is 5.42. The third-order valence-corrected chi connectivity index (χ3v) is 2.49. The number of nitrogens with one attached hydrogen (secondary N) is 1. The fourth-order valence-electron chi connectivity index (χ4n) is 1.24. The molecule has 0 unspecified atom stereocenters. The number of benzene rings is 1. The van der Waals surface area contributed by atoms with E-state index in [9.17, 15) is 9.59 Å². The average molecular weight is 285 g/mol. The zero-order valence-corrected chi connectivity index (χ0v) is 11.9. The molecule has 3 N–H and O–H groups in total. The number of primary amides is 1. The van der Waals surface area contributed by atoms with Gasteiger partial charge in [0.15, 0.2) is 0 Å². The van der Waals surface area contributed by atoms with Crippen molar-refractivity contribution in [1.82, 2.24) is 0 Å². The van der Waals surface area contributed by atoms with Gasteiger partial charge in [0, 0.05) is 5.56 Å². The van der Waals surface area contributed by atoms with Gasteiger partial charge in [-0.15, -0.1) is 0 Å². The van der Waals surface area contributed by atoms with E-state index in [2.05, 4.69) is 5.32 Å². The van der Waals surface area contributed by atoms with Crippen LogP contribution in [0, 0.1) is 0 Å². The number of hydrogen-bond acceptors (Lipinski definition) is 3. The largest absolute Gasteiger partial charge is 0.366 e. The number of rotatable bonds is 4. The van der Waals surface area contributed by atoms with Gasteiger partial charge in [-0.2, -0.15) is 0 Å². The van der Waals surface area contributed by atoms with E-state index >= 15 is 0 Å². The molecule has 1 aromatic carbocycles. The van der Waals surface area contributed by atoms with Crippen LogP contribution in [0.3, 0.4) is 0 Å². The Morgan fingerprint density at radius 2 is 2.00 bits per heavy atom. The number of hydrogen-bond donors (Lipinski definition) is 2. The minimum atomic E-state index is -0.585. The van der Waals surface area contributed by atoms with Crippen molar-refractivity contribution in [3.05, 3.63) is 28.8 Å². The van der Waals surface area contributed by atoms with Gasteiger partial charge in [0.05, 0.1) is 16.3 Å². The number of ether oxygens (including phenoxy) is 1. The van der Waals surface area contributed by atoms with Gasteiger partial charge in [-0.05, 0) is 39.0 Å². The summed E-state index contributed by atoms with van der Waals surface area (Å²) in [5.41, 5.74) is 5.36. The summed E-state index contributed by atoms with van der Waals surface area (Å²) >= 11 is 5.93. The van der Waals surface area contributed by atoms with E-state index in [-0.39, 0.29) is 18.1 Å². The molecule has 0 radical (unpaired) electrons. The molecular weight excluding hydrogens is 268 g/mol. The molecule has 0 bridgehead atoms. The zero-order valence-electron chi connectivity index (χ0n) is 11.1. The molecule has 0 aliphatic carbocycles. The Balaban J connectivity index is 2.73. The summed E-state index contributed by atoms with van der Waals surface area (Å²) in [5.74, 6) is -0.934. The fourth-order valence-corrected chi connectivity index (χ4v) is 1.41. The van der Waals surface area contributed by atoms with Crippen LogP contribution in [0.1, 0.15) is 31.1 Å². The van der Waals surface area contributed by atoms with Crippen LogP contribution in [0.25, 0.3) is 0 Å². The molecule has 0 atom stereocenters. The highest BCUT2D eigenvalue weighted by Gasteiger charge is 2.14. The van der Waals surface area contributed by atoms with Crippen molar-refractivity contribution in [3.8, 4) is 0 Å². The van der Waals surface area contributed by atoms with Crippen LogP contribution in [0.5, 0.6) is 0 Å². The predicted molar refractivity (Wildman–Crippen MR) is 74.3 cm³/mol. The van der Waals surface area contributed by atoms with Crippen LogP contribution < -0.4 is 11.1 Å². The number of anilines is 1. The zero-order chi connectivity index (χ0) is 14.6. The van der Waals surface area contributed by atoms with Gasteiger partial charge in [0.2, 0.25) is 11.8 Å². The van der Waals surface area contributed by atoms with E-state index in [1.165, 1.54) is 18.2 Å². The highest BCUT2D eigenvalue weighted by molar-refractivity contribution is 6.33. The van der Waals surface area contributed by atoms with Crippen molar-refractivity contribution < 1.29 is 14.3 Å². The first-order valence-corrected chi connectivity index (χ1v) is 6.10. The number of carbonyl (C=O) groups excluding carboxylic acids is 2. The van der Waals surface area contributed by atoms with Crippen LogP contribution in [0.15, 0.2) is 18.2 Å². The predicted octanol–water partition coefficient (Wildman–Crippen LogP) is 2.19. The van der Waals surface area contributed by atoms with Gasteiger partial charge in [0.25, 0.3) is 0 Å². The third-order valence-electron chi connectivity index (χ3n) is 2.16. The standard InChI is InChI=1S/C13H17ClN2O3/c1-13(2,3)19-7-11(17)16-10-6-8(12(15)18)4-5-9(10)14/h4-6H,7H2,1-3H3,(H2,15,18)(H,16,17). The minimum Gasteiger partial charge on any atom is -0.366 e. The summed E-state index contributed by atoms with van der Waals surface area (Å²) in [6, 6.07) is 4.42. The maximum Gasteiger partial charge on any atom is 0.250 e. The molecule has 0 fully saturated rings. The Morgan fingerprint density at radius 1 is 1.37 bits per heavy atom. The molecule has 0 aliphatic rings. The number of carbonyl (C=O) groups is 2. The van der Waals surface area contributed by atoms with Crippen LogP contribution in [-0.2, 0) is 9.53 Å². The van der Waals surface area contributed by atoms with E-state index in [0.29, 0.717) is 10.7 Å². The summed E-state index contributed by atoms with van der Waals surface area (Å²) < 4.78 is 5.33. The molecule has 0 aliphatic heterocycles. The second kappa shape index (κ2) is 6.04. The quantitative estimate of drug-likeness (QED) is 0.889. The molecule has 0 heterocycles. The molecule has 0 saturated carbocycles. The van der Waals surface area contributed by atoms with E-state index in [4.69, 9.17) is 22.1 Å². The third kappa shape index (κ3) is 5.28. The molecular formula is C13H17ClN2O3. The van der Waals surface area contributed by atoms with Gasteiger partial charge in [-0.3, -0.25) is 9.59 Å². The molecule has 0 spiro atoms. The fraction of sp³-hybridized carbons (Fsp3) is 0.385. The van der Waals surface area contributed by atoms with Crippen LogP contribution >= 0.6 is 11.6 Å². The lowest BCUT2D eigenvalue weighted by Crippen LogP contribution is -2.27. The summed E-state index contributed by atoms with van der Waals surface area (Å²) in [6.45, 7) is 5.45. The summed E-state index contributed by atoms with van der Waals surface area (Å²) in [4.78, 5) is 22.7. The van der Waals surface area contributed by atoms with Crippen LogP contribution in [-0.4, -0.2) is 24.0 Å². The monoisotopic (exact) mass is 284 g/mol. The Labute approximate surface area is 117 Å². The maximum absolute atomic E-state index is 11.7. The van der Waals surface area contributed by atoms with Crippen molar-refractivity contribution in [2.45, 2.75) is 26.4 Å². The highest BCUT2D eigenvalue weighted by atomic mass is 35.5. The van der Waals surface area contributed by atoms with Gasteiger partial charge in [-0.25, -0.2) is 0 Å². The van der Waals surface area contributed by atoms with Crippen LogP contribution in [0.2, 0.25) is 5.02 Å². The molecule has 6 heteroatoms. The van der Waals surface area contributed by atoms with Crippen molar-refractivity contribution in [2.24, 2.45) is 5.73 Å². The lowest BCUT2D eigenvalue weighted by molar-refractivity contribution is -0.125. The Bertz CT molecular complexity index is 495. The first-order chi connectivity index (χ1) is 8.69. The molecule has 1 aromatic rings. The van der Waals surface area contributed by atoms with Gasteiger partial charge < -0.3 is 15.8 Å². The molecule has 1 rings (SSSR count). The van der Waals surface area contributed by atoms with E-state index in [1.54, 1.807) is 0 Å². The van der Waals surface area contributed by atoms with Gasteiger partial charge in [-0.1, -0.05) is 11.6 Å². The molecule has 19 heavy (non-hydrogen) atoms. The lowest BCUT2D eigenvalue weighted by atomic mass is 10.2. The number of amides is 2. The lowest BCUT2D eigenvalue weighted by Gasteiger charge is -2.19. The van der Waals surface area contributed by atoms with E-state index < -0.39 is 11.5 Å². The summed E-state index contributed by atoms with van der Waals surface area (Å²) in [7, 11) is 0. The van der Waals surface area contributed by atoms with Crippen molar-refractivity contribution in [2.75, 3.05) is 11.9 Å². The number of halogens is 1. The molecule has 0 saturated heterocycles. The Morgan fingerprint density at radius 3 is 2.53 bits per heavy atom. The maximum atomic E-state index is 11.7. The second-order valence-electron chi connectivity index (χ2n) is 5.01. The first-order valence-electron chi connectivity index (χ1n) is 5.72. The Hall–Kier alpha value is -1.59. The van der Waals surface area contributed by atoms with Crippen molar-refractivity contribution in [1.29, 1.82) is 0 Å². The SMILES string of the molecule is CC(C)(C)OCC(=O)Nc1cc(C(N)=O)ccc1Cl. The molecule has 5 nitrogen and oxygen atoms in total. The van der Waals surface area contributed by atoms with Gasteiger partial charge in [0.1, 0.15) is 6.61 Å².